The summed E-state index contributed by atoms with van der Waals surface area (Å²) in [5.41, 5.74) is 2.75. The number of ketones is 2. The van der Waals surface area contributed by atoms with Crippen molar-refractivity contribution in [3.63, 3.8) is 0 Å². The van der Waals surface area contributed by atoms with Gasteiger partial charge in [-0.2, -0.15) is 0 Å². The number of hydrogen-bond donors (Lipinski definition) is 1. The van der Waals surface area contributed by atoms with E-state index in [-0.39, 0.29) is 17.4 Å². The Kier molecular flexibility index (Phi) is 4.35. The zero-order chi connectivity index (χ0) is 20.9. The lowest BCUT2D eigenvalue weighted by Crippen LogP contribution is -2.61. The second-order valence-corrected chi connectivity index (χ2v) is 8.18. The van der Waals surface area contributed by atoms with Gasteiger partial charge in [0.1, 0.15) is 17.4 Å². The maximum absolute atomic E-state index is 13.8. The molecule has 2 aromatic rings. The Morgan fingerprint density at radius 3 is 2.53 bits per heavy atom. The van der Waals surface area contributed by atoms with Gasteiger partial charge >= 0.3 is 0 Å². The van der Waals surface area contributed by atoms with Crippen LogP contribution in [0.4, 0.5) is 10.1 Å². The highest BCUT2D eigenvalue weighted by Gasteiger charge is 2.59. The van der Waals surface area contributed by atoms with E-state index in [1.54, 1.807) is 12.1 Å². The van der Waals surface area contributed by atoms with Crippen LogP contribution in [0.5, 0.6) is 0 Å². The van der Waals surface area contributed by atoms with Gasteiger partial charge in [0.15, 0.2) is 11.6 Å². The molecular weight excluding hydrogens is 379 g/mol. The Balaban J connectivity index is 1.78. The van der Waals surface area contributed by atoms with Crippen LogP contribution in [0.15, 0.2) is 66.9 Å². The average Bonchev–Trinajstić information content (AvgIpc) is 3.09. The topological polar surface area (TPSA) is 49.4 Å². The van der Waals surface area contributed by atoms with E-state index < -0.39 is 17.5 Å². The van der Waals surface area contributed by atoms with Gasteiger partial charge in [-0.25, -0.2) is 4.39 Å². The third kappa shape index (κ3) is 2.58. The van der Waals surface area contributed by atoms with Crippen LogP contribution in [0.3, 0.4) is 0 Å². The van der Waals surface area contributed by atoms with Crippen molar-refractivity contribution >= 4 is 22.8 Å². The quantitative estimate of drug-likeness (QED) is 0.829. The minimum absolute atomic E-state index is 0.0646. The standard InChI is InChI=1S/C25H23FN2O2/c1-2-3-14-28-15-19-18-6-4-5-7-20(18)27-25(19,16-8-10-17(26)11-9-16)23-21(29)12-13-22(30)24(23)28/h4-13,15,23-24,27H,2-3,14H2,1H3. The van der Waals surface area contributed by atoms with Crippen molar-refractivity contribution in [3.8, 4) is 0 Å². The van der Waals surface area contributed by atoms with Gasteiger partial charge in [-0.3, -0.25) is 9.59 Å². The summed E-state index contributed by atoms with van der Waals surface area (Å²) in [6.07, 6.45) is 6.77. The van der Waals surface area contributed by atoms with E-state index in [0.29, 0.717) is 6.54 Å². The van der Waals surface area contributed by atoms with Gasteiger partial charge in [0.05, 0.1) is 5.92 Å². The average molecular weight is 402 g/mol. The molecule has 1 N–H and O–H groups in total. The maximum atomic E-state index is 13.8. The fourth-order valence-electron chi connectivity index (χ4n) is 5.14. The summed E-state index contributed by atoms with van der Waals surface area (Å²) in [5, 5.41) is 3.59. The number of benzene rings is 2. The molecule has 0 aromatic heterocycles. The van der Waals surface area contributed by atoms with E-state index in [2.05, 4.69) is 12.2 Å². The van der Waals surface area contributed by atoms with Gasteiger partial charge in [0.2, 0.25) is 0 Å². The van der Waals surface area contributed by atoms with E-state index in [9.17, 15) is 14.0 Å². The van der Waals surface area contributed by atoms with Crippen LogP contribution in [0.1, 0.15) is 30.9 Å². The molecular formula is C25H23FN2O2. The molecule has 2 heterocycles. The predicted octanol–water partition coefficient (Wildman–Crippen LogP) is 4.30. The molecule has 0 bridgehead atoms. The summed E-state index contributed by atoms with van der Waals surface area (Å²) >= 11 is 0. The van der Waals surface area contributed by atoms with Crippen molar-refractivity contribution in [3.05, 3.63) is 83.8 Å². The highest BCUT2D eigenvalue weighted by atomic mass is 19.1. The van der Waals surface area contributed by atoms with Crippen LogP contribution in [-0.4, -0.2) is 29.1 Å². The monoisotopic (exact) mass is 402 g/mol. The Morgan fingerprint density at radius 2 is 1.77 bits per heavy atom. The molecule has 152 valence electrons. The van der Waals surface area contributed by atoms with E-state index in [4.69, 9.17) is 0 Å². The lowest BCUT2D eigenvalue weighted by Gasteiger charge is -2.50. The molecule has 2 aliphatic heterocycles. The van der Waals surface area contributed by atoms with Crippen LogP contribution in [0.2, 0.25) is 0 Å². The van der Waals surface area contributed by atoms with Crippen LogP contribution in [0.25, 0.3) is 5.57 Å². The highest BCUT2D eigenvalue weighted by Crippen LogP contribution is 2.56. The number of carbonyl (C=O) groups excluding carboxylic acids is 2. The number of hydrogen-bond acceptors (Lipinski definition) is 4. The summed E-state index contributed by atoms with van der Waals surface area (Å²) in [4.78, 5) is 28.4. The molecule has 3 aliphatic rings. The zero-order valence-corrected chi connectivity index (χ0v) is 16.8. The van der Waals surface area contributed by atoms with Crippen LogP contribution in [-0.2, 0) is 15.1 Å². The summed E-state index contributed by atoms with van der Waals surface area (Å²) in [7, 11) is 0. The Hall–Kier alpha value is -3.21. The number of fused-ring (bicyclic) bond motifs is 5. The van der Waals surface area contributed by atoms with Gasteiger partial charge in [0.25, 0.3) is 0 Å². The number of carbonyl (C=O) groups is 2. The normalized spacial score (nSPS) is 26.6. The van der Waals surface area contributed by atoms with Crippen molar-refractivity contribution in [2.24, 2.45) is 5.92 Å². The maximum Gasteiger partial charge on any atom is 0.179 e. The smallest absolute Gasteiger partial charge is 0.179 e. The van der Waals surface area contributed by atoms with Gasteiger partial charge in [-0.1, -0.05) is 43.7 Å². The lowest BCUT2D eigenvalue weighted by molar-refractivity contribution is -0.131. The van der Waals surface area contributed by atoms with Gasteiger partial charge in [0, 0.05) is 29.6 Å². The van der Waals surface area contributed by atoms with Crippen LogP contribution < -0.4 is 5.32 Å². The molecule has 30 heavy (non-hydrogen) atoms. The van der Waals surface area contributed by atoms with Crippen molar-refractivity contribution in [2.75, 3.05) is 11.9 Å². The SMILES string of the molecule is CCCCN1C=C2c3ccccc3NC2(c2ccc(F)cc2)C2C(=O)C=CC(=O)C21. The first kappa shape index (κ1) is 18.8. The Morgan fingerprint density at radius 1 is 1.03 bits per heavy atom. The Labute approximate surface area is 175 Å². The first-order valence-electron chi connectivity index (χ1n) is 10.4. The molecule has 1 aliphatic carbocycles. The van der Waals surface area contributed by atoms with Gasteiger partial charge < -0.3 is 10.2 Å². The molecule has 5 rings (SSSR count). The number of para-hydroxylation sites is 1. The second-order valence-electron chi connectivity index (χ2n) is 8.18. The highest BCUT2D eigenvalue weighted by molar-refractivity contribution is 6.12. The van der Waals surface area contributed by atoms with E-state index in [1.807, 2.05) is 35.4 Å². The molecule has 0 amide bonds. The van der Waals surface area contributed by atoms with Gasteiger partial charge in [-0.05, 0) is 42.3 Å². The van der Waals surface area contributed by atoms with E-state index in [1.165, 1.54) is 24.3 Å². The van der Waals surface area contributed by atoms with Crippen molar-refractivity contribution in [1.29, 1.82) is 0 Å². The summed E-state index contributed by atoms with van der Waals surface area (Å²) in [6.45, 7) is 2.81. The molecule has 4 nitrogen and oxygen atoms in total. The number of allylic oxidation sites excluding steroid dienone is 1. The van der Waals surface area contributed by atoms with E-state index in [0.717, 1.165) is 35.2 Å². The lowest BCUT2D eigenvalue weighted by atomic mass is 9.64. The first-order valence-corrected chi connectivity index (χ1v) is 10.4. The number of nitrogens with zero attached hydrogens (tertiary/aromatic N) is 1. The van der Waals surface area contributed by atoms with Crippen LogP contribution >= 0.6 is 0 Å². The molecule has 0 fully saturated rings. The molecule has 5 heteroatoms. The largest absolute Gasteiger partial charge is 0.370 e. The number of unbranched alkanes of at least 4 members (excludes halogenated alkanes) is 1. The van der Waals surface area contributed by atoms with Crippen molar-refractivity contribution in [1.82, 2.24) is 4.90 Å². The van der Waals surface area contributed by atoms with Crippen LogP contribution in [0, 0.1) is 11.7 Å². The fourth-order valence-corrected chi connectivity index (χ4v) is 5.14. The Bertz CT molecular complexity index is 1090. The molecule has 3 atom stereocenters. The number of rotatable bonds is 4. The van der Waals surface area contributed by atoms with E-state index >= 15 is 0 Å². The minimum atomic E-state index is -0.914. The van der Waals surface area contributed by atoms with Gasteiger partial charge in [-0.15, -0.1) is 0 Å². The summed E-state index contributed by atoms with van der Waals surface area (Å²) in [5.74, 6) is -1.12. The molecule has 0 saturated carbocycles. The summed E-state index contributed by atoms with van der Waals surface area (Å²) < 4.78 is 13.8. The molecule has 0 saturated heterocycles. The third-order valence-corrected chi connectivity index (χ3v) is 6.49. The first-order chi connectivity index (χ1) is 14.6. The number of nitrogens with one attached hydrogen (secondary N) is 1. The molecule has 3 unspecified atom stereocenters. The van der Waals surface area contributed by atoms with Crippen molar-refractivity contribution in [2.45, 2.75) is 31.3 Å². The zero-order valence-electron chi connectivity index (χ0n) is 16.8. The van der Waals surface area contributed by atoms with Crippen molar-refractivity contribution < 1.29 is 14.0 Å². The minimum Gasteiger partial charge on any atom is -0.370 e. The molecule has 0 spiro atoms. The molecule has 2 aromatic carbocycles. The second kappa shape index (κ2) is 6.94. The fraction of sp³-hybridized carbons (Fsp3) is 0.280. The summed E-state index contributed by atoms with van der Waals surface area (Å²) in [6, 6.07) is 13.6. The number of halogens is 1. The molecule has 0 radical (unpaired) electrons. The number of anilines is 1. The predicted molar refractivity (Wildman–Crippen MR) is 114 cm³/mol. The third-order valence-electron chi connectivity index (χ3n) is 6.49.